The van der Waals surface area contributed by atoms with Crippen LogP contribution in [0.15, 0.2) is 18.2 Å². The smallest absolute Gasteiger partial charge is 0.246 e. The molecule has 3 N–H and O–H groups in total. The molecule has 0 aliphatic carbocycles. The van der Waals surface area contributed by atoms with Crippen LogP contribution >= 0.6 is 0 Å². The number of aryl methyl sites for hydroxylation is 1. The number of hydrogen-bond acceptors (Lipinski definition) is 3. The van der Waals surface area contributed by atoms with Crippen LogP contribution < -0.4 is 10.6 Å². The van der Waals surface area contributed by atoms with Crippen molar-refractivity contribution in [3.8, 4) is 11.8 Å². The Morgan fingerprint density at radius 2 is 2.33 bits per heavy atom. The summed E-state index contributed by atoms with van der Waals surface area (Å²) in [6, 6.07) is 5.12. The van der Waals surface area contributed by atoms with Crippen molar-refractivity contribution in [1.82, 2.24) is 5.32 Å². The van der Waals surface area contributed by atoms with E-state index in [0.29, 0.717) is 30.5 Å². The summed E-state index contributed by atoms with van der Waals surface area (Å²) in [5, 5.41) is 14.2. The van der Waals surface area contributed by atoms with E-state index in [1.807, 2.05) is 25.1 Å². The molecule has 2 rings (SSSR count). The van der Waals surface area contributed by atoms with E-state index in [-0.39, 0.29) is 18.4 Å². The van der Waals surface area contributed by atoms with E-state index in [1.54, 1.807) is 0 Å². The number of aliphatic hydroxyl groups is 1. The van der Waals surface area contributed by atoms with Crippen LogP contribution in [-0.4, -0.2) is 29.6 Å². The first-order chi connectivity index (χ1) is 10.1. The average Bonchev–Trinajstić information content (AvgIpc) is 2.88. The summed E-state index contributed by atoms with van der Waals surface area (Å²) < 4.78 is 0. The Labute approximate surface area is 123 Å². The molecule has 0 aromatic heterocycles. The van der Waals surface area contributed by atoms with Gasteiger partial charge in [-0.15, -0.1) is 0 Å². The Balaban J connectivity index is 2.14. The highest BCUT2D eigenvalue weighted by Crippen LogP contribution is 2.18. The number of carbonyl (C=O) groups excluding carboxylic acids is 2. The minimum atomic E-state index is -0.476. The van der Waals surface area contributed by atoms with Gasteiger partial charge in [0, 0.05) is 18.4 Å². The quantitative estimate of drug-likeness (QED) is 0.724. The maximum Gasteiger partial charge on any atom is 0.246 e. The fraction of sp³-hybridized carbons (Fsp3) is 0.375. The summed E-state index contributed by atoms with van der Waals surface area (Å²) in [6.45, 7) is 1.94. The number of carbonyl (C=O) groups is 2. The van der Waals surface area contributed by atoms with Gasteiger partial charge in [-0.25, -0.2) is 0 Å². The van der Waals surface area contributed by atoms with Crippen molar-refractivity contribution < 1.29 is 14.7 Å². The van der Waals surface area contributed by atoms with E-state index >= 15 is 0 Å². The van der Waals surface area contributed by atoms with Gasteiger partial charge in [-0.2, -0.15) is 0 Å². The molecule has 21 heavy (non-hydrogen) atoms. The monoisotopic (exact) mass is 286 g/mol. The van der Waals surface area contributed by atoms with Gasteiger partial charge in [0.15, 0.2) is 0 Å². The molecule has 5 nitrogen and oxygen atoms in total. The van der Waals surface area contributed by atoms with Gasteiger partial charge in [0.25, 0.3) is 0 Å². The van der Waals surface area contributed by atoms with Crippen LogP contribution in [0.2, 0.25) is 0 Å². The second-order valence-corrected chi connectivity index (χ2v) is 4.97. The molecule has 1 fully saturated rings. The predicted molar refractivity (Wildman–Crippen MR) is 79.6 cm³/mol. The van der Waals surface area contributed by atoms with Gasteiger partial charge >= 0.3 is 0 Å². The van der Waals surface area contributed by atoms with E-state index in [4.69, 9.17) is 5.11 Å². The second-order valence-electron chi connectivity index (χ2n) is 4.97. The maximum absolute atomic E-state index is 12.1. The van der Waals surface area contributed by atoms with Crippen LogP contribution in [0.1, 0.15) is 30.4 Å². The van der Waals surface area contributed by atoms with E-state index in [2.05, 4.69) is 22.5 Å². The molecule has 0 saturated carbocycles. The fourth-order valence-electron chi connectivity index (χ4n) is 2.11. The van der Waals surface area contributed by atoms with Crippen LogP contribution in [0, 0.1) is 18.8 Å². The summed E-state index contributed by atoms with van der Waals surface area (Å²) in [6.07, 6.45) is 1.29. The van der Waals surface area contributed by atoms with Crippen LogP contribution in [0.4, 0.5) is 5.69 Å². The van der Waals surface area contributed by atoms with Crippen LogP contribution in [0.5, 0.6) is 0 Å². The lowest BCUT2D eigenvalue weighted by Gasteiger charge is -2.13. The molecule has 1 atom stereocenters. The largest absolute Gasteiger partial charge is 0.395 e. The Hall–Kier alpha value is -2.32. The lowest BCUT2D eigenvalue weighted by molar-refractivity contribution is -0.122. The topological polar surface area (TPSA) is 78.4 Å². The van der Waals surface area contributed by atoms with E-state index < -0.39 is 6.04 Å². The minimum absolute atomic E-state index is 0.00859. The zero-order valence-corrected chi connectivity index (χ0v) is 11.9. The van der Waals surface area contributed by atoms with Crippen LogP contribution in [0.3, 0.4) is 0 Å². The Bertz CT molecular complexity index is 614. The third-order valence-electron chi connectivity index (χ3n) is 3.20. The molecule has 5 heteroatoms. The van der Waals surface area contributed by atoms with Crippen molar-refractivity contribution in [3.63, 3.8) is 0 Å². The number of benzene rings is 1. The molecule has 2 amide bonds. The van der Waals surface area contributed by atoms with Gasteiger partial charge in [-0.3, -0.25) is 9.59 Å². The molecule has 1 unspecified atom stereocenters. The third kappa shape index (κ3) is 4.07. The molecule has 1 aromatic carbocycles. The second kappa shape index (κ2) is 6.91. The van der Waals surface area contributed by atoms with E-state index in [0.717, 1.165) is 5.56 Å². The van der Waals surface area contributed by atoms with Crippen molar-refractivity contribution in [3.05, 3.63) is 29.3 Å². The molecule has 0 spiro atoms. The van der Waals surface area contributed by atoms with Crippen LogP contribution in [0.25, 0.3) is 0 Å². The number of rotatable bonds is 3. The minimum Gasteiger partial charge on any atom is -0.395 e. The highest BCUT2D eigenvalue weighted by Gasteiger charge is 2.27. The molecule has 1 aromatic rings. The fourth-order valence-corrected chi connectivity index (χ4v) is 2.11. The van der Waals surface area contributed by atoms with E-state index in [9.17, 15) is 9.59 Å². The van der Waals surface area contributed by atoms with Crippen LogP contribution in [-0.2, 0) is 9.59 Å². The summed E-state index contributed by atoms with van der Waals surface area (Å²) in [5.74, 6) is 5.45. The molecule has 1 aliphatic rings. The first kappa shape index (κ1) is 15.1. The molecule has 110 valence electrons. The first-order valence-electron chi connectivity index (χ1n) is 6.91. The zero-order chi connectivity index (χ0) is 15.2. The third-order valence-corrected chi connectivity index (χ3v) is 3.20. The standard InChI is InChI=1S/C16H18N2O3/c1-11-5-6-12(4-2-3-9-19)14(10-11)18-16(21)13-7-8-15(20)17-13/h5-6,10,13,19H,3,7-9H2,1H3,(H,17,20)(H,18,21). The first-order valence-corrected chi connectivity index (χ1v) is 6.91. The van der Waals surface area contributed by atoms with Gasteiger partial charge in [0.2, 0.25) is 11.8 Å². The van der Waals surface area contributed by atoms with Crippen molar-refractivity contribution in [2.24, 2.45) is 0 Å². The molecule has 0 radical (unpaired) electrons. The Morgan fingerprint density at radius 1 is 1.52 bits per heavy atom. The number of anilines is 1. The number of hydrogen-bond donors (Lipinski definition) is 3. The Kier molecular flexibility index (Phi) is 4.96. The lowest BCUT2D eigenvalue weighted by Crippen LogP contribution is -2.37. The highest BCUT2D eigenvalue weighted by molar-refractivity contribution is 5.99. The van der Waals surface area contributed by atoms with Gasteiger partial charge in [0.1, 0.15) is 6.04 Å². The predicted octanol–water partition coefficient (Wildman–Crippen LogP) is 0.946. The zero-order valence-electron chi connectivity index (χ0n) is 11.9. The molecular weight excluding hydrogens is 268 g/mol. The Morgan fingerprint density at radius 3 is 3.00 bits per heavy atom. The molecule has 0 bridgehead atoms. The summed E-state index contributed by atoms with van der Waals surface area (Å²) in [4.78, 5) is 23.3. The lowest BCUT2D eigenvalue weighted by atomic mass is 10.1. The summed E-state index contributed by atoms with van der Waals surface area (Å²) >= 11 is 0. The van der Waals surface area contributed by atoms with Crippen molar-refractivity contribution >= 4 is 17.5 Å². The summed E-state index contributed by atoms with van der Waals surface area (Å²) in [7, 11) is 0. The maximum atomic E-state index is 12.1. The SMILES string of the molecule is Cc1ccc(C#CCCO)c(NC(=O)C2CCC(=O)N2)c1. The molecule has 1 heterocycles. The van der Waals surface area contributed by atoms with Crippen molar-refractivity contribution in [2.45, 2.75) is 32.2 Å². The molecule has 1 saturated heterocycles. The number of nitrogens with one attached hydrogen (secondary N) is 2. The molecule has 1 aliphatic heterocycles. The number of amides is 2. The summed E-state index contributed by atoms with van der Waals surface area (Å²) in [5.41, 5.74) is 2.34. The van der Waals surface area contributed by atoms with Gasteiger partial charge in [0.05, 0.1) is 12.3 Å². The van der Waals surface area contributed by atoms with Crippen molar-refractivity contribution in [2.75, 3.05) is 11.9 Å². The highest BCUT2D eigenvalue weighted by atomic mass is 16.2. The number of aliphatic hydroxyl groups excluding tert-OH is 1. The van der Waals surface area contributed by atoms with Gasteiger partial charge in [-0.1, -0.05) is 17.9 Å². The normalized spacial score (nSPS) is 16.9. The average molecular weight is 286 g/mol. The van der Waals surface area contributed by atoms with Gasteiger partial charge in [-0.05, 0) is 31.0 Å². The molecular formula is C16H18N2O3. The van der Waals surface area contributed by atoms with Gasteiger partial charge < -0.3 is 15.7 Å². The van der Waals surface area contributed by atoms with Crippen molar-refractivity contribution in [1.29, 1.82) is 0 Å². The van der Waals surface area contributed by atoms with E-state index in [1.165, 1.54) is 0 Å².